The molecular weight excluding hydrogens is 474 g/mol. The standard InChI is InChI=1S/C33H37NO4/c1-5-28-14-8-11-25(4)33(28)34(29-19-15-26(16-20-29)12-9-23-37-31(35)6-2)30-21-17-27(18-22-30)13-10-24-38-32(36)7-3/h6-8,11,14-22H,2-3,5,9-10,12-13,23-24H2,1,4H3. The summed E-state index contributed by atoms with van der Waals surface area (Å²) in [6.07, 6.45) is 6.47. The van der Waals surface area contributed by atoms with Crippen molar-refractivity contribution < 1.29 is 19.1 Å². The van der Waals surface area contributed by atoms with E-state index in [1.807, 2.05) is 0 Å². The molecule has 0 aliphatic rings. The minimum absolute atomic E-state index is 0.380. The van der Waals surface area contributed by atoms with Crippen LogP contribution >= 0.6 is 0 Å². The number of hydrogen-bond acceptors (Lipinski definition) is 5. The quantitative estimate of drug-likeness (QED) is 0.129. The summed E-state index contributed by atoms with van der Waals surface area (Å²) >= 11 is 0. The van der Waals surface area contributed by atoms with Gasteiger partial charge >= 0.3 is 11.9 Å². The molecule has 0 heterocycles. The van der Waals surface area contributed by atoms with Crippen molar-refractivity contribution in [3.05, 3.63) is 114 Å². The molecule has 0 unspecified atom stereocenters. The van der Waals surface area contributed by atoms with E-state index < -0.39 is 0 Å². The molecule has 3 aromatic carbocycles. The molecule has 38 heavy (non-hydrogen) atoms. The molecule has 0 atom stereocenters. The molecule has 3 aromatic rings. The lowest BCUT2D eigenvalue weighted by Crippen LogP contribution is -2.14. The molecule has 3 rings (SSSR count). The number of nitrogens with zero attached hydrogens (tertiary/aromatic N) is 1. The largest absolute Gasteiger partial charge is 0.463 e. The molecule has 5 nitrogen and oxygen atoms in total. The fourth-order valence-electron chi connectivity index (χ4n) is 4.37. The Kier molecular flexibility index (Phi) is 10.9. The number of ether oxygens (including phenoxy) is 2. The van der Waals surface area contributed by atoms with Crippen molar-refractivity contribution in [3.63, 3.8) is 0 Å². The van der Waals surface area contributed by atoms with Crippen LogP contribution in [0, 0.1) is 6.92 Å². The van der Waals surface area contributed by atoms with Crippen molar-refractivity contribution in [2.75, 3.05) is 18.1 Å². The second-order valence-electron chi connectivity index (χ2n) is 9.05. The van der Waals surface area contributed by atoms with Gasteiger partial charge in [0.2, 0.25) is 0 Å². The zero-order valence-electron chi connectivity index (χ0n) is 22.4. The Hall–Kier alpha value is -4.12. The summed E-state index contributed by atoms with van der Waals surface area (Å²) in [7, 11) is 0. The summed E-state index contributed by atoms with van der Waals surface area (Å²) in [5.41, 5.74) is 8.24. The molecule has 0 amide bonds. The summed E-state index contributed by atoms with van der Waals surface area (Å²) < 4.78 is 10.2. The third kappa shape index (κ3) is 7.94. The van der Waals surface area contributed by atoms with Crippen LogP contribution < -0.4 is 4.90 Å². The van der Waals surface area contributed by atoms with Crippen LogP contribution in [0.5, 0.6) is 0 Å². The van der Waals surface area contributed by atoms with Gasteiger partial charge < -0.3 is 14.4 Å². The van der Waals surface area contributed by atoms with Crippen LogP contribution in [0.15, 0.2) is 92.0 Å². The predicted molar refractivity (Wildman–Crippen MR) is 154 cm³/mol. The van der Waals surface area contributed by atoms with Crippen molar-refractivity contribution in [2.45, 2.75) is 46.0 Å². The monoisotopic (exact) mass is 511 g/mol. The number of rotatable bonds is 14. The van der Waals surface area contributed by atoms with Crippen LogP contribution in [0.1, 0.15) is 42.0 Å². The molecule has 0 saturated carbocycles. The van der Waals surface area contributed by atoms with Crippen molar-refractivity contribution in [3.8, 4) is 0 Å². The van der Waals surface area contributed by atoms with Gasteiger partial charge in [-0.3, -0.25) is 0 Å². The van der Waals surface area contributed by atoms with Gasteiger partial charge in [0.1, 0.15) is 0 Å². The van der Waals surface area contributed by atoms with E-state index in [1.54, 1.807) is 0 Å². The number of anilines is 3. The first-order chi connectivity index (χ1) is 18.5. The highest BCUT2D eigenvalue weighted by atomic mass is 16.5. The minimum atomic E-state index is -0.386. The smallest absolute Gasteiger partial charge is 0.330 e. The Labute approximate surface area is 226 Å². The van der Waals surface area contributed by atoms with Crippen LogP contribution in [-0.2, 0) is 38.3 Å². The van der Waals surface area contributed by atoms with Gasteiger partial charge in [-0.2, -0.15) is 0 Å². The van der Waals surface area contributed by atoms with Crippen molar-refractivity contribution in [1.29, 1.82) is 0 Å². The topological polar surface area (TPSA) is 55.8 Å². The molecule has 5 heteroatoms. The van der Waals surface area contributed by atoms with Gasteiger partial charge in [-0.25, -0.2) is 9.59 Å². The number of aryl methyl sites for hydroxylation is 4. The lowest BCUT2D eigenvalue weighted by atomic mass is 10.0. The number of benzene rings is 3. The van der Waals surface area contributed by atoms with E-state index in [-0.39, 0.29) is 11.9 Å². The Morgan fingerprint density at radius 2 is 1.24 bits per heavy atom. The number of hydrogen-bond donors (Lipinski definition) is 0. The molecule has 0 bridgehead atoms. The summed E-state index contributed by atoms with van der Waals surface area (Å²) in [4.78, 5) is 24.8. The minimum Gasteiger partial charge on any atom is -0.463 e. The van der Waals surface area contributed by atoms with E-state index in [2.05, 4.69) is 98.6 Å². The van der Waals surface area contributed by atoms with Gasteiger partial charge in [-0.15, -0.1) is 0 Å². The Morgan fingerprint density at radius 3 is 1.66 bits per heavy atom. The van der Waals surface area contributed by atoms with Crippen LogP contribution in [0.25, 0.3) is 0 Å². The number of carbonyl (C=O) groups excluding carboxylic acids is 2. The summed E-state index contributed by atoms with van der Waals surface area (Å²) in [6.45, 7) is 11.9. The van der Waals surface area contributed by atoms with Crippen molar-refractivity contribution >= 4 is 29.0 Å². The number of esters is 2. The Balaban J connectivity index is 1.81. The molecular formula is C33H37NO4. The van der Waals surface area contributed by atoms with Gasteiger partial charge in [0.25, 0.3) is 0 Å². The molecule has 0 radical (unpaired) electrons. The fraction of sp³-hybridized carbons (Fsp3) is 0.273. The van der Waals surface area contributed by atoms with Gasteiger partial charge in [-0.1, -0.05) is 62.5 Å². The Bertz CT molecular complexity index is 1160. The highest BCUT2D eigenvalue weighted by molar-refractivity contribution is 5.82. The maximum atomic E-state index is 11.2. The zero-order chi connectivity index (χ0) is 27.3. The highest BCUT2D eigenvalue weighted by Gasteiger charge is 2.17. The summed E-state index contributed by atoms with van der Waals surface area (Å²) in [6, 6.07) is 23.6. The van der Waals surface area contributed by atoms with Crippen molar-refractivity contribution in [2.24, 2.45) is 0 Å². The molecule has 0 N–H and O–H groups in total. The van der Waals surface area contributed by atoms with Gasteiger partial charge in [0, 0.05) is 23.5 Å². The normalized spacial score (nSPS) is 10.5. The van der Waals surface area contributed by atoms with Crippen molar-refractivity contribution in [1.82, 2.24) is 0 Å². The summed E-state index contributed by atoms with van der Waals surface area (Å²) in [5, 5.41) is 0. The van der Waals surface area contributed by atoms with E-state index in [1.165, 1.54) is 40.1 Å². The summed E-state index contributed by atoms with van der Waals surface area (Å²) in [5.74, 6) is -0.772. The molecule has 0 saturated heterocycles. The third-order valence-corrected chi connectivity index (χ3v) is 6.36. The van der Waals surface area contributed by atoms with Gasteiger partial charge in [-0.05, 0) is 85.5 Å². The van der Waals surface area contributed by atoms with Crippen LogP contribution in [-0.4, -0.2) is 25.2 Å². The van der Waals surface area contributed by atoms with Gasteiger partial charge in [0.05, 0.1) is 18.9 Å². The van der Waals surface area contributed by atoms with E-state index >= 15 is 0 Å². The maximum Gasteiger partial charge on any atom is 0.330 e. The van der Waals surface area contributed by atoms with E-state index in [0.29, 0.717) is 13.2 Å². The highest BCUT2D eigenvalue weighted by Crippen LogP contribution is 2.39. The van der Waals surface area contributed by atoms with Crippen LogP contribution in [0.2, 0.25) is 0 Å². The SMILES string of the molecule is C=CC(=O)OCCCc1ccc(N(c2ccc(CCCOC(=O)C=C)cc2)c2c(C)cccc2CC)cc1. The van der Waals surface area contributed by atoms with E-state index in [0.717, 1.165) is 43.5 Å². The number of carbonyl (C=O) groups is 2. The lowest BCUT2D eigenvalue weighted by Gasteiger charge is -2.29. The Morgan fingerprint density at radius 1 is 0.763 bits per heavy atom. The first-order valence-electron chi connectivity index (χ1n) is 13.1. The second-order valence-corrected chi connectivity index (χ2v) is 9.05. The average Bonchev–Trinajstić information content (AvgIpc) is 2.95. The molecule has 0 aliphatic carbocycles. The van der Waals surface area contributed by atoms with E-state index in [9.17, 15) is 9.59 Å². The molecule has 198 valence electrons. The second kappa shape index (κ2) is 14.6. The first kappa shape index (κ1) is 28.5. The van der Waals surface area contributed by atoms with E-state index in [4.69, 9.17) is 9.47 Å². The predicted octanol–water partition coefficient (Wildman–Crippen LogP) is 7.35. The molecule has 0 fully saturated rings. The number of para-hydroxylation sites is 1. The lowest BCUT2D eigenvalue weighted by molar-refractivity contribution is -0.138. The fourth-order valence-corrected chi connectivity index (χ4v) is 4.37. The average molecular weight is 512 g/mol. The van der Waals surface area contributed by atoms with Gasteiger partial charge in [0.15, 0.2) is 0 Å². The third-order valence-electron chi connectivity index (χ3n) is 6.36. The zero-order valence-corrected chi connectivity index (χ0v) is 22.4. The molecule has 0 aliphatic heterocycles. The van der Waals surface area contributed by atoms with Crippen LogP contribution in [0.4, 0.5) is 17.1 Å². The molecule has 0 spiro atoms. The maximum absolute atomic E-state index is 11.2. The first-order valence-corrected chi connectivity index (χ1v) is 13.1. The molecule has 0 aromatic heterocycles. The van der Waals surface area contributed by atoms with Crippen LogP contribution in [0.3, 0.4) is 0 Å².